The zero-order valence-corrected chi connectivity index (χ0v) is 16.1. The first kappa shape index (κ1) is 19.8. The summed E-state index contributed by atoms with van der Waals surface area (Å²) in [4.78, 5) is 22.1. The van der Waals surface area contributed by atoms with E-state index in [9.17, 15) is 8.78 Å². The number of piperidine rings is 1. The number of nitrogens with zero attached hydrogens (tertiary/aromatic N) is 7. The lowest BCUT2D eigenvalue weighted by molar-refractivity contribution is 0.226. The van der Waals surface area contributed by atoms with Gasteiger partial charge in [0.25, 0.3) is 6.43 Å². The lowest BCUT2D eigenvalue weighted by Gasteiger charge is -2.33. The van der Waals surface area contributed by atoms with Crippen LogP contribution in [0.5, 0.6) is 0 Å². The Kier molecular flexibility index (Phi) is 5.87. The molecule has 0 saturated carbocycles. The Morgan fingerprint density at radius 1 is 1.30 bits per heavy atom. The van der Waals surface area contributed by atoms with Gasteiger partial charge in [-0.25, -0.2) is 28.7 Å². The van der Waals surface area contributed by atoms with Gasteiger partial charge >= 0.3 is 0 Å². The summed E-state index contributed by atoms with van der Waals surface area (Å²) in [5, 5.41) is 11.4. The van der Waals surface area contributed by atoms with Crippen molar-refractivity contribution in [3.05, 3.63) is 43.1 Å². The van der Waals surface area contributed by atoms with Gasteiger partial charge in [0.2, 0.25) is 0 Å². The Hall–Kier alpha value is -3.50. The third kappa shape index (κ3) is 4.73. The van der Waals surface area contributed by atoms with Gasteiger partial charge < -0.3 is 9.88 Å². The molecule has 0 aliphatic carbocycles. The number of hydrogen-bond donors (Lipinski definition) is 2. The normalized spacial score (nSPS) is 17.2. The summed E-state index contributed by atoms with van der Waals surface area (Å²) in [7, 11) is 0. The molecular weight excluding hydrogens is 392 g/mol. The van der Waals surface area contributed by atoms with E-state index in [4.69, 9.17) is 5.41 Å². The second-order valence-corrected chi connectivity index (χ2v) is 7.10. The van der Waals surface area contributed by atoms with Crippen LogP contribution in [0.15, 0.2) is 37.3 Å². The Labute approximate surface area is 171 Å². The molecule has 4 heterocycles. The van der Waals surface area contributed by atoms with Crippen molar-refractivity contribution in [1.29, 1.82) is 5.41 Å². The molecule has 4 rings (SSSR count). The molecule has 0 aromatic carbocycles. The molecule has 0 spiro atoms. The molecule has 156 valence electrons. The largest absolute Gasteiger partial charge is 0.356 e. The van der Waals surface area contributed by atoms with Crippen molar-refractivity contribution in [3.63, 3.8) is 0 Å². The minimum absolute atomic E-state index is 0.376. The Morgan fingerprint density at radius 2 is 2.20 bits per heavy atom. The van der Waals surface area contributed by atoms with E-state index < -0.39 is 12.1 Å². The second-order valence-electron chi connectivity index (χ2n) is 7.10. The number of imidazole rings is 1. The highest BCUT2D eigenvalue weighted by atomic mass is 19.3. The average Bonchev–Trinajstić information content (AvgIpc) is 3.44. The number of aromatic nitrogens is 7. The van der Waals surface area contributed by atoms with Crippen molar-refractivity contribution >= 4 is 17.6 Å². The van der Waals surface area contributed by atoms with Gasteiger partial charge in [-0.2, -0.15) is 5.10 Å². The zero-order valence-electron chi connectivity index (χ0n) is 16.1. The monoisotopic (exact) mass is 413 g/mol. The van der Waals surface area contributed by atoms with Crippen LogP contribution in [0, 0.1) is 11.3 Å². The molecule has 3 aromatic heterocycles. The Morgan fingerprint density at radius 3 is 3.00 bits per heavy atom. The van der Waals surface area contributed by atoms with Crippen LogP contribution in [0.4, 0.5) is 14.6 Å². The zero-order chi connectivity index (χ0) is 20.9. The smallest absolute Gasteiger partial charge is 0.279 e. The molecule has 1 saturated heterocycles. The minimum Gasteiger partial charge on any atom is -0.356 e. The topological polar surface area (TPSA) is 112 Å². The van der Waals surface area contributed by atoms with Crippen molar-refractivity contribution in [3.8, 4) is 11.4 Å². The highest BCUT2D eigenvalue weighted by molar-refractivity contribution is 5.97. The van der Waals surface area contributed by atoms with Crippen LogP contribution < -0.4 is 4.90 Å². The highest BCUT2D eigenvalue weighted by Crippen LogP contribution is 2.25. The fraction of sp³-hybridized carbons (Fsp3) is 0.368. The van der Waals surface area contributed by atoms with E-state index in [2.05, 4.69) is 34.9 Å². The number of alkyl halides is 2. The van der Waals surface area contributed by atoms with Gasteiger partial charge in [-0.3, -0.25) is 10.1 Å². The predicted octanol–water partition coefficient (Wildman–Crippen LogP) is 2.67. The minimum atomic E-state index is -2.81. The number of rotatable bonds is 7. The third-order valence-corrected chi connectivity index (χ3v) is 4.93. The summed E-state index contributed by atoms with van der Waals surface area (Å²) < 4.78 is 26.7. The maximum absolute atomic E-state index is 12.4. The number of H-pyrrole nitrogens is 1. The van der Waals surface area contributed by atoms with E-state index in [1.54, 1.807) is 18.9 Å². The van der Waals surface area contributed by atoms with Crippen LogP contribution in [0.3, 0.4) is 0 Å². The summed E-state index contributed by atoms with van der Waals surface area (Å²) in [6.07, 6.45) is 8.12. The van der Waals surface area contributed by atoms with Gasteiger partial charge in [-0.15, -0.1) is 0 Å². The summed E-state index contributed by atoms with van der Waals surface area (Å²) >= 11 is 0. The molecule has 0 bridgehead atoms. The van der Waals surface area contributed by atoms with Crippen LogP contribution in [0.25, 0.3) is 17.5 Å². The first-order valence-electron chi connectivity index (χ1n) is 9.58. The van der Waals surface area contributed by atoms with Gasteiger partial charge in [0.05, 0.1) is 23.3 Å². The van der Waals surface area contributed by atoms with E-state index >= 15 is 0 Å². The number of anilines is 1. The van der Waals surface area contributed by atoms with E-state index in [-0.39, 0.29) is 0 Å². The average molecular weight is 413 g/mol. The number of nitrogens with one attached hydrogen (secondary N) is 2. The summed E-state index contributed by atoms with van der Waals surface area (Å²) in [6.45, 7) is 2.60. The molecule has 0 amide bonds. The van der Waals surface area contributed by atoms with Crippen molar-refractivity contribution in [1.82, 2.24) is 34.7 Å². The fourth-order valence-corrected chi connectivity index (χ4v) is 3.47. The van der Waals surface area contributed by atoms with Crippen LogP contribution in [-0.2, 0) is 6.54 Å². The van der Waals surface area contributed by atoms with Gasteiger partial charge in [0.1, 0.15) is 30.6 Å². The van der Waals surface area contributed by atoms with Gasteiger partial charge in [-0.05, 0) is 30.9 Å². The molecule has 2 N–H and O–H groups in total. The molecule has 0 radical (unpaired) electrons. The van der Waals surface area contributed by atoms with Crippen LogP contribution in [0.1, 0.15) is 18.7 Å². The number of hydrogen-bond acceptors (Lipinski definition) is 7. The van der Waals surface area contributed by atoms with Crippen molar-refractivity contribution < 1.29 is 8.78 Å². The van der Waals surface area contributed by atoms with Crippen molar-refractivity contribution in [2.75, 3.05) is 18.0 Å². The van der Waals surface area contributed by atoms with Crippen LogP contribution >= 0.6 is 0 Å². The maximum Gasteiger partial charge on any atom is 0.279 e. The van der Waals surface area contributed by atoms with Crippen LogP contribution in [0.2, 0.25) is 0 Å². The molecule has 30 heavy (non-hydrogen) atoms. The molecule has 1 aliphatic rings. The molecule has 9 nitrogen and oxygen atoms in total. The lowest BCUT2D eigenvalue weighted by Crippen LogP contribution is -2.37. The fourth-order valence-electron chi connectivity index (χ4n) is 3.47. The summed E-state index contributed by atoms with van der Waals surface area (Å²) in [6, 6.07) is 1.89. The van der Waals surface area contributed by atoms with Gasteiger partial charge in [0, 0.05) is 25.7 Å². The molecule has 1 atom stereocenters. The molecule has 11 heteroatoms. The van der Waals surface area contributed by atoms with Gasteiger partial charge in [0.15, 0.2) is 0 Å². The maximum atomic E-state index is 12.4. The van der Waals surface area contributed by atoms with Crippen LogP contribution in [-0.4, -0.2) is 59.9 Å². The van der Waals surface area contributed by atoms with E-state index in [1.807, 2.05) is 10.7 Å². The number of halogens is 2. The molecule has 1 unspecified atom stereocenters. The predicted molar refractivity (Wildman–Crippen MR) is 107 cm³/mol. The summed E-state index contributed by atoms with van der Waals surface area (Å²) in [5.41, 5.74) is 0.551. The molecule has 1 fully saturated rings. The van der Waals surface area contributed by atoms with E-state index in [1.165, 1.54) is 12.4 Å². The highest BCUT2D eigenvalue weighted by Gasteiger charge is 2.22. The number of allylic oxidation sites excluding steroid dienone is 1. The van der Waals surface area contributed by atoms with Crippen molar-refractivity contribution in [2.24, 2.45) is 5.92 Å². The Bertz CT molecular complexity index is 1010. The second kappa shape index (κ2) is 8.89. The lowest BCUT2D eigenvalue weighted by atomic mass is 9.98. The standard InChI is InChI=1S/C19H21F2N9/c20-19(21)14(22)3-4-17-24-7-16(28-17)15-6-18(26-11-25-15)29-5-1-2-13(8-29)9-30-12-23-10-27-30/h3-4,6-7,10-13,19,22H,1-2,5,8-9H2,(H,24,28)/b4-3-,22-14?. The summed E-state index contributed by atoms with van der Waals surface area (Å²) in [5.74, 6) is 1.66. The van der Waals surface area contributed by atoms with Gasteiger partial charge in [-0.1, -0.05) is 0 Å². The SMILES string of the molecule is N=C(/C=C\c1ncc(-c2cc(N3CCCC(Cn4cncn4)C3)ncn2)[nH]1)C(F)F. The Balaban J connectivity index is 1.45. The third-order valence-electron chi connectivity index (χ3n) is 4.93. The molecule has 3 aromatic rings. The first-order chi connectivity index (χ1) is 14.6. The van der Waals surface area contributed by atoms with E-state index in [0.29, 0.717) is 23.1 Å². The number of aromatic amines is 1. The quantitative estimate of drug-likeness (QED) is 0.576. The molecule has 1 aliphatic heterocycles. The first-order valence-corrected chi connectivity index (χ1v) is 9.58. The van der Waals surface area contributed by atoms with Crippen molar-refractivity contribution in [2.45, 2.75) is 25.8 Å². The van der Waals surface area contributed by atoms with E-state index in [0.717, 1.165) is 44.4 Å². The molecular formula is C19H21F2N9.